The highest BCUT2D eigenvalue weighted by Gasteiger charge is 2.16. The van der Waals surface area contributed by atoms with Gasteiger partial charge in [-0.3, -0.25) is 10.1 Å². The zero-order chi connectivity index (χ0) is 15.3. The molecule has 0 saturated heterocycles. The second-order valence-electron chi connectivity index (χ2n) is 5.71. The highest BCUT2D eigenvalue weighted by atomic mass is 19.1. The molecule has 0 aromatic heterocycles. The zero-order valence-electron chi connectivity index (χ0n) is 12.3. The minimum absolute atomic E-state index is 0.0369. The summed E-state index contributed by atoms with van der Waals surface area (Å²) >= 11 is 0. The summed E-state index contributed by atoms with van der Waals surface area (Å²) in [5.41, 5.74) is 0.193. The average Bonchev–Trinajstić information content (AvgIpc) is 2.30. The van der Waals surface area contributed by atoms with E-state index in [4.69, 9.17) is 4.74 Å². The van der Waals surface area contributed by atoms with Crippen molar-refractivity contribution in [2.45, 2.75) is 39.7 Å². The van der Waals surface area contributed by atoms with E-state index in [0.29, 0.717) is 12.2 Å². The summed E-state index contributed by atoms with van der Waals surface area (Å²) in [7, 11) is 0. The molecule has 0 fully saturated rings. The number of halogens is 1. The van der Waals surface area contributed by atoms with E-state index in [9.17, 15) is 14.5 Å². The van der Waals surface area contributed by atoms with Crippen LogP contribution >= 0.6 is 0 Å². The largest absolute Gasteiger partial charge is 0.490 e. The summed E-state index contributed by atoms with van der Waals surface area (Å²) in [6.45, 7) is 8.87. The number of hydrogen-bond donors (Lipinski definition) is 1. The lowest BCUT2D eigenvalue weighted by Crippen LogP contribution is -2.36. The molecule has 0 heterocycles. The number of rotatable bonds is 6. The van der Waals surface area contributed by atoms with Crippen LogP contribution in [0.5, 0.6) is 5.75 Å². The molecule has 112 valence electrons. The Balaban J connectivity index is 2.53. The first-order chi connectivity index (χ1) is 9.20. The van der Waals surface area contributed by atoms with E-state index in [0.717, 1.165) is 19.0 Å². The topological polar surface area (TPSA) is 64.4 Å². The third-order valence-corrected chi connectivity index (χ3v) is 2.68. The molecular formula is C14H21FN2O3. The summed E-state index contributed by atoms with van der Waals surface area (Å²) in [5, 5.41) is 14.0. The molecule has 6 heteroatoms. The van der Waals surface area contributed by atoms with Gasteiger partial charge in [-0.05, 0) is 46.7 Å². The average molecular weight is 284 g/mol. The summed E-state index contributed by atoms with van der Waals surface area (Å²) in [5.74, 6) is -0.644. The Morgan fingerprint density at radius 2 is 2.05 bits per heavy atom. The molecule has 1 rings (SSSR count). The molecule has 0 unspecified atom stereocenters. The number of hydrogen-bond acceptors (Lipinski definition) is 4. The number of nitro benzene ring substituents is 1. The van der Waals surface area contributed by atoms with Gasteiger partial charge < -0.3 is 10.1 Å². The normalized spacial score (nSPS) is 11.4. The number of nitrogens with one attached hydrogen (secondary N) is 1. The van der Waals surface area contributed by atoms with E-state index in [1.165, 1.54) is 6.07 Å². The standard InChI is InChI=1S/C14H21FN2O3/c1-10-8-13(11(15)9-12(10)17(18)19)20-7-5-6-16-14(2,3)4/h8-9,16H,5-7H2,1-4H3. The van der Waals surface area contributed by atoms with E-state index in [-0.39, 0.29) is 17.0 Å². The maximum Gasteiger partial charge on any atom is 0.275 e. The van der Waals surface area contributed by atoms with Crippen molar-refractivity contribution < 1.29 is 14.1 Å². The van der Waals surface area contributed by atoms with Crippen molar-refractivity contribution in [2.24, 2.45) is 0 Å². The molecule has 5 nitrogen and oxygen atoms in total. The maximum atomic E-state index is 13.6. The Labute approximate surface area is 118 Å². The molecule has 0 saturated carbocycles. The number of aryl methyl sites for hydroxylation is 1. The first-order valence-electron chi connectivity index (χ1n) is 6.53. The fourth-order valence-electron chi connectivity index (χ4n) is 1.67. The van der Waals surface area contributed by atoms with E-state index < -0.39 is 10.7 Å². The van der Waals surface area contributed by atoms with Crippen molar-refractivity contribution in [1.82, 2.24) is 5.32 Å². The molecule has 0 aliphatic heterocycles. The van der Waals surface area contributed by atoms with Crippen molar-refractivity contribution in [2.75, 3.05) is 13.2 Å². The van der Waals surface area contributed by atoms with Crippen LogP contribution in [0.25, 0.3) is 0 Å². The minimum Gasteiger partial charge on any atom is -0.490 e. The zero-order valence-corrected chi connectivity index (χ0v) is 12.3. The van der Waals surface area contributed by atoms with Gasteiger partial charge in [-0.2, -0.15) is 0 Å². The molecule has 0 amide bonds. The predicted molar refractivity (Wildman–Crippen MR) is 75.7 cm³/mol. The summed E-state index contributed by atoms with van der Waals surface area (Å²) in [6.07, 6.45) is 0.729. The predicted octanol–water partition coefficient (Wildman–Crippen LogP) is 3.20. The smallest absolute Gasteiger partial charge is 0.275 e. The lowest BCUT2D eigenvalue weighted by atomic mass is 10.1. The summed E-state index contributed by atoms with van der Waals surface area (Å²) in [6, 6.07) is 2.27. The molecule has 0 atom stereocenters. The van der Waals surface area contributed by atoms with Gasteiger partial charge in [-0.1, -0.05) is 0 Å². The first-order valence-corrected chi connectivity index (χ1v) is 6.53. The van der Waals surface area contributed by atoms with Gasteiger partial charge in [0.2, 0.25) is 0 Å². The second kappa shape index (κ2) is 6.65. The van der Waals surface area contributed by atoms with E-state index in [1.807, 2.05) is 0 Å². The second-order valence-corrected chi connectivity index (χ2v) is 5.71. The van der Waals surface area contributed by atoms with Crippen LogP contribution in [0.2, 0.25) is 0 Å². The molecule has 0 aliphatic carbocycles. The van der Waals surface area contributed by atoms with Gasteiger partial charge in [0, 0.05) is 11.1 Å². The lowest BCUT2D eigenvalue weighted by molar-refractivity contribution is -0.385. The van der Waals surface area contributed by atoms with Gasteiger partial charge in [0.05, 0.1) is 17.6 Å². The Hall–Kier alpha value is -1.69. The number of benzene rings is 1. The summed E-state index contributed by atoms with van der Waals surface area (Å²) < 4.78 is 19.0. The number of nitro groups is 1. The molecule has 0 bridgehead atoms. The van der Waals surface area contributed by atoms with Crippen LogP contribution in [0.3, 0.4) is 0 Å². The van der Waals surface area contributed by atoms with Crippen LogP contribution < -0.4 is 10.1 Å². The SMILES string of the molecule is Cc1cc(OCCCNC(C)(C)C)c(F)cc1[N+](=O)[O-]. The fraction of sp³-hybridized carbons (Fsp3) is 0.571. The van der Waals surface area contributed by atoms with Crippen LogP contribution in [0.15, 0.2) is 12.1 Å². The third-order valence-electron chi connectivity index (χ3n) is 2.68. The summed E-state index contributed by atoms with van der Waals surface area (Å²) in [4.78, 5) is 10.1. The Bertz CT molecular complexity index is 484. The first kappa shape index (κ1) is 16.4. The fourth-order valence-corrected chi connectivity index (χ4v) is 1.67. The highest BCUT2D eigenvalue weighted by molar-refractivity contribution is 5.45. The van der Waals surface area contributed by atoms with E-state index in [2.05, 4.69) is 26.1 Å². The van der Waals surface area contributed by atoms with Crippen LogP contribution in [-0.2, 0) is 0 Å². The van der Waals surface area contributed by atoms with Crippen LogP contribution in [-0.4, -0.2) is 23.6 Å². The third kappa shape index (κ3) is 5.13. The van der Waals surface area contributed by atoms with Gasteiger partial charge >= 0.3 is 0 Å². The van der Waals surface area contributed by atoms with Crippen LogP contribution in [0.1, 0.15) is 32.8 Å². The van der Waals surface area contributed by atoms with Crippen LogP contribution in [0.4, 0.5) is 10.1 Å². The van der Waals surface area contributed by atoms with Gasteiger partial charge in [0.25, 0.3) is 5.69 Å². The van der Waals surface area contributed by atoms with Crippen molar-refractivity contribution >= 4 is 5.69 Å². The Morgan fingerprint density at radius 3 is 2.60 bits per heavy atom. The van der Waals surface area contributed by atoms with Crippen molar-refractivity contribution in [3.63, 3.8) is 0 Å². The van der Waals surface area contributed by atoms with Crippen molar-refractivity contribution in [3.8, 4) is 5.75 Å². The monoisotopic (exact) mass is 284 g/mol. The molecule has 0 spiro atoms. The van der Waals surface area contributed by atoms with Gasteiger partial charge in [-0.15, -0.1) is 0 Å². The molecule has 20 heavy (non-hydrogen) atoms. The van der Waals surface area contributed by atoms with E-state index >= 15 is 0 Å². The Morgan fingerprint density at radius 1 is 1.40 bits per heavy atom. The Kier molecular flexibility index (Phi) is 5.44. The van der Waals surface area contributed by atoms with E-state index in [1.54, 1.807) is 6.92 Å². The lowest BCUT2D eigenvalue weighted by Gasteiger charge is -2.20. The molecule has 1 aromatic rings. The minimum atomic E-state index is -0.703. The van der Waals surface area contributed by atoms with Gasteiger partial charge in [0.1, 0.15) is 0 Å². The molecule has 0 aliphatic rings. The quantitative estimate of drug-likeness (QED) is 0.495. The van der Waals surface area contributed by atoms with Crippen molar-refractivity contribution in [1.29, 1.82) is 0 Å². The molecule has 1 N–H and O–H groups in total. The molecular weight excluding hydrogens is 263 g/mol. The van der Waals surface area contributed by atoms with Gasteiger partial charge in [0.15, 0.2) is 11.6 Å². The van der Waals surface area contributed by atoms with Crippen molar-refractivity contribution in [3.05, 3.63) is 33.6 Å². The van der Waals surface area contributed by atoms with Crippen LogP contribution in [0, 0.1) is 22.9 Å². The van der Waals surface area contributed by atoms with Gasteiger partial charge in [-0.25, -0.2) is 4.39 Å². The molecule has 1 aromatic carbocycles. The maximum absolute atomic E-state index is 13.6. The molecule has 0 radical (unpaired) electrons. The number of ether oxygens (including phenoxy) is 1. The number of nitrogens with zero attached hydrogens (tertiary/aromatic N) is 1. The highest BCUT2D eigenvalue weighted by Crippen LogP contribution is 2.26.